The van der Waals surface area contributed by atoms with Gasteiger partial charge in [-0.1, -0.05) is 11.6 Å². The predicted molar refractivity (Wildman–Crippen MR) is 58.8 cm³/mol. The number of pyridine rings is 1. The van der Waals surface area contributed by atoms with Crippen LogP contribution in [-0.2, 0) is 0 Å². The van der Waals surface area contributed by atoms with Gasteiger partial charge in [0, 0.05) is 12.4 Å². The van der Waals surface area contributed by atoms with Crippen molar-refractivity contribution in [1.29, 1.82) is 0 Å². The Kier molecular flexibility index (Phi) is 2.56. The molecule has 14 heavy (non-hydrogen) atoms. The summed E-state index contributed by atoms with van der Waals surface area (Å²) in [5, 5.41) is 4.76. The van der Waals surface area contributed by atoms with Crippen LogP contribution in [0.5, 0.6) is 0 Å². The van der Waals surface area contributed by atoms with E-state index in [1.54, 1.807) is 23.1 Å². The minimum Gasteiger partial charge on any atom is -0.235 e. The molecule has 2 aromatic heterocycles. The van der Waals surface area contributed by atoms with Crippen LogP contribution in [0.15, 0.2) is 29.1 Å². The van der Waals surface area contributed by atoms with Crippen molar-refractivity contribution in [1.82, 2.24) is 14.8 Å². The molecule has 2 heterocycles. The Balaban J connectivity index is 2.52. The Bertz CT molecular complexity index is 467. The van der Waals surface area contributed by atoms with Crippen molar-refractivity contribution in [2.45, 2.75) is 6.92 Å². The van der Waals surface area contributed by atoms with E-state index in [2.05, 4.69) is 26.0 Å². The number of aromatic nitrogens is 3. The molecule has 0 unspecified atom stereocenters. The highest BCUT2D eigenvalue weighted by atomic mass is 79.9. The highest BCUT2D eigenvalue weighted by molar-refractivity contribution is 9.10. The summed E-state index contributed by atoms with van der Waals surface area (Å²) >= 11 is 9.17. The van der Waals surface area contributed by atoms with Crippen LogP contribution in [0.2, 0.25) is 5.02 Å². The van der Waals surface area contributed by atoms with Crippen LogP contribution in [-0.4, -0.2) is 14.8 Å². The molecule has 3 nitrogen and oxygen atoms in total. The third kappa shape index (κ3) is 1.81. The Morgan fingerprint density at radius 3 is 2.79 bits per heavy atom. The molecule has 0 aliphatic carbocycles. The quantitative estimate of drug-likeness (QED) is 0.799. The number of nitrogens with zero attached hydrogens (tertiary/aromatic N) is 3. The fourth-order valence-corrected chi connectivity index (χ4v) is 1.92. The van der Waals surface area contributed by atoms with Gasteiger partial charge in [0.2, 0.25) is 0 Å². The van der Waals surface area contributed by atoms with Gasteiger partial charge in [0.25, 0.3) is 0 Å². The van der Waals surface area contributed by atoms with Crippen molar-refractivity contribution >= 4 is 27.5 Å². The fourth-order valence-electron chi connectivity index (χ4n) is 1.10. The molecule has 2 rings (SSSR count). The van der Waals surface area contributed by atoms with E-state index < -0.39 is 0 Å². The molecular formula is C9H7BrClN3. The number of hydrogen-bond donors (Lipinski definition) is 0. The van der Waals surface area contributed by atoms with Gasteiger partial charge in [0.1, 0.15) is 0 Å². The molecule has 0 N–H and O–H groups in total. The summed E-state index contributed by atoms with van der Waals surface area (Å²) < 4.78 is 2.53. The summed E-state index contributed by atoms with van der Waals surface area (Å²) in [7, 11) is 0. The lowest BCUT2D eigenvalue weighted by Crippen LogP contribution is -1.98. The van der Waals surface area contributed by atoms with Crippen molar-refractivity contribution in [3.05, 3.63) is 39.7 Å². The molecule has 0 fully saturated rings. The van der Waals surface area contributed by atoms with E-state index in [-0.39, 0.29) is 0 Å². The molecular weight excluding hydrogens is 265 g/mol. The van der Waals surface area contributed by atoms with Crippen LogP contribution in [0.3, 0.4) is 0 Å². The van der Waals surface area contributed by atoms with Gasteiger partial charge in [-0.25, -0.2) is 9.67 Å². The van der Waals surface area contributed by atoms with E-state index in [1.165, 1.54) is 0 Å². The van der Waals surface area contributed by atoms with E-state index in [0.29, 0.717) is 5.02 Å². The average Bonchev–Trinajstić information content (AvgIpc) is 2.51. The zero-order chi connectivity index (χ0) is 10.1. The maximum absolute atomic E-state index is 5.79. The van der Waals surface area contributed by atoms with Gasteiger partial charge < -0.3 is 0 Å². The summed E-state index contributed by atoms with van der Waals surface area (Å²) in [6, 6.07) is 1.79. The lowest BCUT2D eigenvalue weighted by atomic mass is 10.4. The van der Waals surface area contributed by atoms with Crippen LogP contribution in [0, 0.1) is 6.92 Å². The first-order valence-corrected chi connectivity index (χ1v) is 5.16. The second-order valence-electron chi connectivity index (χ2n) is 2.92. The molecule has 0 radical (unpaired) electrons. The molecule has 0 bridgehead atoms. The summed E-state index contributed by atoms with van der Waals surface area (Å²) in [4.78, 5) is 4.18. The monoisotopic (exact) mass is 271 g/mol. The summed E-state index contributed by atoms with van der Waals surface area (Å²) in [6.07, 6.45) is 5.28. The molecule has 2 aromatic rings. The normalized spacial score (nSPS) is 10.5. The number of aryl methyl sites for hydroxylation is 1. The second-order valence-corrected chi connectivity index (χ2v) is 4.21. The molecule has 0 amide bonds. The van der Waals surface area contributed by atoms with Gasteiger partial charge in [-0.3, -0.25) is 0 Å². The van der Waals surface area contributed by atoms with Gasteiger partial charge >= 0.3 is 0 Å². The maximum atomic E-state index is 5.79. The number of hydrogen-bond acceptors (Lipinski definition) is 2. The largest absolute Gasteiger partial charge is 0.235 e. The maximum Gasteiger partial charge on any atom is 0.167 e. The SMILES string of the molecule is Cc1cnn(-c2ncc(Cl)cc2Br)c1. The first kappa shape index (κ1) is 9.68. The Morgan fingerprint density at radius 1 is 1.43 bits per heavy atom. The number of halogens is 2. The first-order chi connectivity index (χ1) is 6.66. The van der Waals surface area contributed by atoms with Crippen molar-refractivity contribution in [3.63, 3.8) is 0 Å². The molecule has 0 aliphatic rings. The van der Waals surface area contributed by atoms with E-state index >= 15 is 0 Å². The van der Waals surface area contributed by atoms with Gasteiger partial charge in [0.15, 0.2) is 5.82 Å². The Hall–Kier alpha value is -0.870. The second kappa shape index (κ2) is 3.71. The van der Waals surface area contributed by atoms with E-state index in [0.717, 1.165) is 15.9 Å². The molecule has 72 valence electrons. The molecule has 0 atom stereocenters. The van der Waals surface area contributed by atoms with Crippen molar-refractivity contribution < 1.29 is 0 Å². The lowest BCUT2D eigenvalue weighted by molar-refractivity contribution is 0.841. The molecule has 0 aromatic carbocycles. The number of rotatable bonds is 1. The topological polar surface area (TPSA) is 30.7 Å². The van der Waals surface area contributed by atoms with Crippen LogP contribution < -0.4 is 0 Å². The summed E-state index contributed by atoms with van der Waals surface area (Å²) in [6.45, 7) is 1.98. The zero-order valence-electron chi connectivity index (χ0n) is 7.41. The zero-order valence-corrected chi connectivity index (χ0v) is 9.75. The summed E-state index contributed by atoms with van der Waals surface area (Å²) in [5.41, 5.74) is 1.09. The van der Waals surface area contributed by atoms with E-state index in [1.807, 2.05) is 13.1 Å². The van der Waals surface area contributed by atoms with Crippen LogP contribution in [0.4, 0.5) is 0 Å². The molecule has 0 spiro atoms. The highest BCUT2D eigenvalue weighted by Crippen LogP contribution is 2.21. The molecule has 5 heteroatoms. The van der Waals surface area contributed by atoms with Crippen molar-refractivity contribution in [2.75, 3.05) is 0 Å². The predicted octanol–water partition coefficient (Wildman–Crippen LogP) is 2.99. The van der Waals surface area contributed by atoms with Gasteiger partial charge in [-0.15, -0.1) is 0 Å². The van der Waals surface area contributed by atoms with Crippen molar-refractivity contribution in [3.8, 4) is 5.82 Å². The van der Waals surface area contributed by atoms with E-state index in [4.69, 9.17) is 11.6 Å². The van der Waals surface area contributed by atoms with Gasteiger partial charge in [-0.05, 0) is 34.5 Å². The minimum absolute atomic E-state index is 0.601. The molecule has 0 saturated heterocycles. The fraction of sp³-hybridized carbons (Fsp3) is 0.111. The van der Waals surface area contributed by atoms with E-state index in [9.17, 15) is 0 Å². The van der Waals surface area contributed by atoms with Crippen LogP contribution in [0.1, 0.15) is 5.56 Å². The van der Waals surface area contributed by atoms with Gasteiger partial charge in [0.05, 0.1) is 15.7 Å². The molecule has 0 aliphatic heterocycles. The average molecular weight is 273 g/mol. The summed E-state index contributed by atoms with van der Waals surface area (Å²) in [5.74, 6) is 0.738. The third-order valence-electron chi connectivity index (χ3n) is 1.72. The first-order valence-electron chi connectivity index (χ1n) is 3.99. The van der Waals surface area contributed by atoms with Crippen LogP contribution in [0.25, 0.3) is 5.82 Å². The smallest absolute Gasteiger partial charge is 0.167 e. The standard InChI is InChI=1S/C9H7BrClN3/c1-6-3-13-14(5-6)9-8(10)2-7(11)4-12-9/h2-5H,1H3. The molecule has 0 saturated carbocycles. The van der Waals surface area contributed by atoms with Gasteiger partial charge in [-0.2, -0.15) is 5.10 Å². The van der Waals surface area contributed by atoms with Crippen molar-refractivity contribution in [2.24, 2.45) is 0 Å². The Labute approximate surface area is 94.9 Å². The lowest BCUT2D eigenvalue weighted by Gasteiger charge is -2.02. The van der Waals surface area contributed by atoms with Crippen LogP contribution >= 0.6 is 27.5 Å². The highest BCUT2D eigenvalue weighted by Gasteiger charge is 2.05. The minimum atomic E-state index is 0.601. The third-order valence-corrected chi connectivity index (χ3v) is 2.51. The Morgan fingerprint density at radius 2 is 2.21 bits per heavy atom.